The van der Waals surface area contributed by atoms with Crippen molar-refractivity contribution in [2.24, 2.45) is 11.7 Å². The van der Waals surface area contributed by atoms with Gasteiger partial charge in [-0.1, -0.05) is 37.3 Å². The van der Waals surface area contributed by atoms with Gasteiger partial charge in [0.15, 0.2) is 5.78 Å². The molecule has 6 heteroatoms. The van der Waals surface area contributed by atoms with Crippen LogP contribution in [-0.2, 0) is 17.6 Å². The summed E-state index contributed by atoms with van der Waals surface area (Å²) >= 11 is 1.46. The van der Waals surface area contributed by atoms with Crippen LogP contribution in [0.4, 0.5) is 5.00 Å². The molecule has 142 valence electrons. The lowest BCUT2D eigenvalue weighted by Gasteiger charge is -2.18. The number of Topliss-reactive ketones (excluding diaryl/α,β-unsaturated/α-hetero) is 1. The van der Waals surface area contributed by atoms with E-state index < -0.39 is 5.91 Å². The van der Waals surface area contributed by atoms with Gasteiger partial charge in [0, 0.05) is 23.3 Å². The van der Waals surface area contributed by atoms with Crippen LogP contribution in [0.2, 0.25) is 0 Å². The average Bonchev–Trinajstić information content (AvgIpc) is 2.99. The maximum absolute atomic E-state index is 12.3. The molecule has 1 aromatic carbocycles. The molecule has 3 N–H and O–H groups in total. The van der Waals surface area contributed by atoms with Crippen molar-refractivity contribution < 1.29 is 14.4 Å². The van der Waals surface area contributed by atoms with Crippen molar-refractivity contribution in [3.8, 4) is 0 Å². The number of hydrogen-bond acceptors (Lipinski definition) is 4. The van der Waals surface area contributed by atoms with Gasteiger partial charge in [0.25, 0.3) is 5.91 Å². The monoisotopic (exact) mass is 384 g/mol. The Balaban J connectivity index is 1.59. The highest BCUT2D eigenvalue weighted by atomic mass is 32.1. The Morgan fingerprint density at radius 2 is 1.93 bits per heavy atom. The number of rotatable bonds is 7. The van der Waals surface area contributed by atoms with Crippen molar-refractivity contribution in [2.75, 3.05) is 5.32 Å². The molecule has 1 aromatic heterocycles. The van der Waals surface area contributed by atoms with Crippen LogP contribution >= 0.6 is 11.3 Å². The number of nitrogens with one attached hydrogen (secondary N) is 1. The molecule has 0 fully saturated rings. The molecule has 0 bridgehead atoms. The number of thiophene rings is 1. The minimum absolute atomic E-state index is 0.0294. The van der Waals surface area contributed by atoms with Gasteiger partial charge in [0.1, 0.15) is 5.00 Å². The quantitative estimate of drug-likeness (QED) is 0.708. The van der Waals surface area contributed by atoms with E-state index in [4.69, 9.17) is 5.73 Å². The normalized spacial score (nSPS) is 15.8. The number of fused-ring (bicyclic) bond motifs is 1. The van der Waals surface area contributed by atoms with E-state index in [0.29, 0.717) is 34.9 Å². The first-order chi connectivity index (χ1) is 13.0. The van der Waals surface area contributed by atoms with E-state index >= 15 is 0 Å². The Bertz CT molecular complexity index is 858. The fourth-order valence-electron chi connectivity index (χ4n) is 3.47. The van der Waals surface area contributed by atoms with Gasteiger partial charge in [-0.3, -0.25) is 14.4 Å². The van der Waals surface area contributed by atoms with Crippen LogP contribution < -0.4 is 11.1 Å². The minimum Gasteiger partial charge on any atom is -0.365 e. The lowest BCUT2D eigenvalue weighted by atomic mass is 9.88. The molecule has 1 aliphatic rings. The first kappa shape index (κ1) is 19.3. The molecule has 5 nitrogen and oxygen atoms in total. The smallest absolute Gasteiger partial charge is 0.251 e. The van der Waals surface area contributed by atoms with E-state index in [1.54, 1.807) is 12.1 Å². The predicted octanol–water partition coefficient (Wildman–Crippen LogP) is 3.96. The average molecular weight is 385 g/mol. The topological polar surface area (TPSA) is 89.3 Å². The fraction of sp³-hybridized carbons (Fsp3) is 0.381. The molecule has 0 saturated carbocycles. The Morgan fingerprint density at radius 1 is 1.19 bits per heavy atom. The minimum atomic E-state index is -0.489. The van der Waals surface area contributed by atoms with Gasteiger partial charge < -0.3 is 11.1 Å². The summed E-state index contributed by atoms with van der Waals surface area (Å²) in [6, 6.07) is 9.06. The van der Waals surface area contributed by atoms with Crippen LogP contribution in [0.3, 0.4) is 0 Å². The highest BCUT2D eigenvalue weighted by Gasteiger charge is 2.27. The molecule has 0 aliphatic heterocycles. The van der Waals surface area contributed by atoms with Crippen LogP contribution in [0, 0.1) is 5.92 Å². The molecule has 27 heavy (non-hydrogen) atoms. The van der Waals surface area contributed by atoms with Gasteiger partial charge in [0.05, 0.1) is 5.56 Å². The SMILES string of the molecule is CC1CCc2c(sc(NC(=O)CCCC(=O)c3ccccc3)c2C(N)=O)C1. The van der Waals surface area contributed by atoms with Crippen molar-refractivity contribution in [2.45, 2.75) is 45.4 Å². The summed E-state index contributed by atoms with van der Waals surface area (Å²) in [6.07, 6.45) is 3.79. The van der Waals surface area contributed by atoms with E-state index in [9.17, 15) is 14.4 Å². The third-order valence-electron chi connectivity index (χ3n) is 4.91. The summed E-state index contributed by atoms with van der Waals surface area (Å²) in [4.78, 5) is 37.5. The molecule has 3 rings (SSSR count). The molecule has 2 amide bonds. The molecule has 0 spiro atoms. The third-order valence-corrected chi connectivity index (χ3v) is 6.08. The highest BCUT2D eigenvalue weighted by Crippen LogP contribution is 2.39. The number of carbonyl (C=O) groups is 3. The standard InChI is InChI=1S/C21H24N2O3S/c1-13-10-11-15-17(12-13)27-21(19(15)20(22)26)23-18(25)9-5-8-16(24)14-6-3-2-4-7-14/h2-4,6-7,13H,5,8-12H2,1H3,(H2,22,26)(H,23,25). The highest BCUT2D eigenvalue weighted by molar-refractivity contribution is 7.17. The summed E-state index contributed by atoms with van der Waals surface area (Å²) in [5.41, 5.74) is 7.70. The number of ketones is 1. The van der Waals surface area contributed by atoms with E-state index in [0.717, 1.165) is 29.7 Å². The number of primary amides is 1. The van der Waals surface area contributed by atoms with Crippen molar-refractivity contribution in [1.82, 2.24) is 0 Å². The Hall–Kier alpha value is -2.47. The number of hydrogen-bond donors (Lipinski definition) is 2. The molecule has 1 heterocycles. The zero-order valence-corrected chi connectivity index (χ0v) is 16.2. The summed E-state index contributed by atoms with van der Waals surface area (Å²) in [7, 11) is 0. The molecular formula is C21H24N2O3S. The van der Waals surface area contributed by atoms with E-state index in [1.807, 2.05) is 18.2 Å². The van der Waals surface area contributed by atoms with Crippen LogP contribution in [0.25, 0.3) is 0 Å². The third kappa shape index (κ3) is 4.63. The van der Waals surface area contributed by atoms with Gasteiger partial charge in [0.2, 0.25) is 5.91 Å². The maximum Gasteiger partial charge on any atom is 0.251 e. The Morgan fingerprint density at radius 3 is 2.63 bits per heavy atom. The zero-order chi connectivity index (χ0) is 19.4. The van der Waals surface area contributed by atoms with Crippen molar-refractivity contribution >= 4 is 33.9 Å². The molecule has 1 unspecified atom stereocenters. The van der Waals surface area contributed by atoms with Gasteiger partial charge in [-0.05, 0) is 37.2 Å². The summed E-state index contributed by atoms with van der Waals surface area (Å²) in [5.74, 6) is -0.0761. The van der Waals surface area contributed by atoms with Crippen LogP contribution in [0.1, 0.15) is 63.8 Å². The molecule has 2 aromatic rings. The molecule has 0 radical (unpaired) electrons. The van der Waals surface area contributed by atoms with Gasteiger partial charge in [-0.25, -0.2) is 0 Å². The van der Waals surface area contributed by atoms with Gasteiger partial charge in [-0.2, -0.15) is 0 Å². The van der Waals surface area contributed by atoms with Crippen molar-refractivity contribution in [3.63, 3.8) is 0 Å². The second kappa shape index (κ2) is 8.48. The maximum atomic E-state index is 12.3. The van der Waals surface area contributed by atoms with Crippen molar-refractivity contribution in [3.05, 3.63) is 51.9 Å². The fourth-order valence-corrected chi connectivity index (χ4v) is 4.90. The van der Waals surface area contributed by atoms with Gasteiger partial charge >= 0.3 is 0 Å². The first-order valence-electron chi connectivity index (χ1n) is 9.28. The lowest BCUT2D eigenvalue weighted by molar-refractivity contribution is -0.116. The zero-order valence-electron chi connectivity index (χ0n) is 15.4. The number of nitrogens with two attached hydrogens (primary N) is 1. The summed E-state index contributed by atoms with van der Waals surface area (Å²) in [6.45, 7) is 2.19. The molecule has 1 aliphatic carbocycles. The largest absolute Gasteiger partial charge is 0.365 e. The summed E-state index contributed by atoms with van der Waals surface area (Å²) in [5, 5.41) is 3.40. The van der Waals surface area contributed by atoms with E-state index in [2.05, 4.69) is 12.2 Å². The number of amides is 2. The lowest BCUT2D eigenvalue weighted by Crippen LogP contribution is -2.19. The molecule has 1 atom stereocenters. The van der Waals surface area contributed by atoms with Crippen molar-refractivity contribution in [1.29, 1.82) is 0 Å². The van der Waals surface area contributed by atoms with Crippen LogP contribution in [-0.4, -0.2) is 17.6 Å². The first-order valence-corrected chi connectivity index (χ1v) is 10.1. The number of anilines is 1. The number of benzene rings is 1. The second-order valence-corrected chi connectivity index (χ2v) is 8.22. The predicted molar refractivity (Wildman–Crippen MR) is 107 cm³/mol. The van der Waals surface area contributed by atoms with Crippen LogP contribution in [0.15, 0.2) is 30.3 Å². The second-order valence-electron chi connectivity index (χ2n) is 7.11. The Labute approximate surface area is 163 Å². The van der Waals surface area contributed by atoms with E-state index in [1.165, 1.54) is 11.3 Å². The Kier molecular flexibility index (Phi) is 6.06. The number of carbonyl (C=O) groups excluding carboxylic acids is 3. The molecular weight excluding hydrogens is 360 g/mol. The van der Waals surface area contributed by atoms with Gasteiger partial charge in [-0.15, -0.1) is 11.3 Å². The summed E-state index contributed by atoms with van der Waals surface area (Å²) < 4.78 is 0. The van der Waals surface area contributed by atoms with E-state index in [-0.39, 0.29) is 18.1 Å². The van der Waals surface area contributed by atoms with Crippen LogP contribution in [0.5, 0.6) is 0 Å². The molecule has 0 saturated heterocycles.